The molecule has 0 bridgehead atoms. The van der Waals surface area contributed by atoms with Gasteiger partial charge in [-0.3, -0.25) is 4.90 Å². The Labute approximate surface area is 95.1 Å². The fourth-order valence-electron chi connectivity index (χ4n) is 1.74. The number of nitrogens with two attached hydrogens (primary N) is 1. The van der Waals surface area contributed by atoms with E-state index in [1.165, 1.54) is 6.20 Å². The van der Waals surface area contributed by atoms with Gasteiger partial charge in [-0.2, -0.15) is 13.2 Å². The molecule has 1 atom stereocenters. The highest BCUT2D eigenvalue weighted by atomic mass is 32.1. The Morgan fingerprint density at radius 1 is 1.56 bits per heavy atom. The minimum absolute atomic E-state index is 0.148. The van der Waals surface area contributed by atoms with Crippen molar-refractivity contribution in [2.75, 3.05) is 13.1 Å². The Bertz CT molecular complexity index is 363. The SMILES string of the molecule is NC1CCN(Cc2cnc(C(F)(F)F)s2)C1. The van der Waals surface area contributed by atoms with Crippen LogP contribution in [0.1, 0.15) is 16.3 Å². The van der Waals surface area contributed by atoms with Crippen molar-refractivity contribution in [2.24, 2.45) is 5.73 Å². The lowest BCUT2D eigenvalue weighted by molar-refractivity contribution is -0.137. The fourth-order valence-corrected chi connectivity index (χ4v) is 2.56. The van der Waals surface area contributed by atoms with Crippen molar-refractivity contribution >= 4 is 11.3 Å². The molecule has 0 saturated carbocycles. The summed E-state index contributed by atoms with van der Waals surface area (Å²) in [5.74, 6) is 0. The van der Waals surface area contributed by atoms with E-state index in [1.54, 1.807) is 0 Å². The summed E-state index contributed by atoms with van der Waals surface area (Å²) in [5.41, 5.74) is 5.72. The van der Waals surface area contributed by atoms with Crippen LogP contribution in [0.25, 0.3) is 0 Å². The normalized spacial score (nSPS) is 22.9. The highest BCUT2D eigenvalue weighted by molar-refractivity contribution is 7.11. The van der Waals surface area contributed by atoms with Crippen LogP contribution < -0.4 is 5.73 Å². The van der Waals surface area contributed by atoms with E-state index >= 15 is 0 Å². The second-order valence-corrected chi connectivity index (χ2v) is 5.03. The van der Waals surface area contributed by atoms with E-state index in [0.29, 0.717) is 22.8 Å². The molecule has 3 nitrogen and oxygen atoms in total. The number of hydrogen-bond acceptors (Lipinski definition) is 4. The van der Waals surface area contributed by atoms with E-state index in [2.05, 4.69) is 9.88 Å². The summed E-state index contributed by atoms with van der Waals surface area (Å²) in [6.07, 6.45) is -2.12. The maximum absolute atomic E-state index is 12.3. The van der Waals surface area contributed by atoms with Crippen molar-refractivity contribution in [1.82, 2.24) is 9.88 Å². The molecule has 1 unspecified atom stereocenters. The number of alkyl halides is 3. The lowest BCUT2D eigenvalue weighted by Gasteiger charge is -2.12. The zero-order valence-corrected chi connectivity index (χ0v) is 9.31. The molecule has 0 aliphatic carbocycles. The molecular weight excluding hydrogens is 239 g/mol. The van der Waals surface area contributed by atoms with Crippen LogP contribution >= 0.6 is 11.3 Å². The maximum Gasteiger partial charge on any atom is 0.443 e. The van der Waals surface area contributed by atoms with Gasteiger partial charge >= 0.3 is 6.18 Å². The molecule has 1 aromatic rings. The molecule has 7 heteroatoms. The molecule has 0 radical (unpaired) electrons. The highest BCUT2D eigenvalue weighted by Gasteiger charge is 2.34. The van der Waals surface area contributed by atoms with E-state index in [1.807, 2.05) is 0 Å². The zero-order valence-electron chi connectivity index (χ0n) is 8.50. The van der Waals surface area contributed by atoms with Crippen molar-refractivity contribution in [3.05, 3.63) is 16.1 Å². The van der Waals surface area contributed by atoms with Crippen molar-refractivity contribution in [3.8, 4) is 0 Å². The van der Waals surface area contributed by atoms with Gasteiger partial charge in [0.15, 0.2) is 5.01 Å². The minimum atomic E-state index is -4.33. The number of aromatic nitrogens is 1. The van der Waals surface area contributed by atoms with Crippen LogP contribution in [0.4, 0.5) is 13.2 Å². The van der Waals surface area contributed by atoms with Crippen molar-refractivity contribution in [1.29, 1.82) is 0 Å². The summed E-state index contributed by atoms with van der Waals surface area (Å²) >= 11 is 0.709. The van der Waals surface area contributed by atoms with Gasteiger partial charge in [-0.05, 0) is 6.42 Å². The molecule has 0 aromatic carbocycles. The van der Waals surface area contributed by atoms with Crippen molar-refractivity contribution in [3.63, 3.8) is 0 Å². The lowest BCUT2D eigenvalue weighted by atomic mass is 10.3. The molecule has 1 saturated heterocycles. The molecule has 0 spiro atoms. The van der Waals surface area contributed by atoms with E-state index in [0.717, 1.165) is 19.5 Å². The number of hydrogen-bond donors (Lipinski definition) is 1. The van der Waals surface area contributed by atoms with Gasteiger partial charge in [-0.15, -0.1) is 11.3 Å². The molecule has 2 heterocycles. The molecule has 2 rings (SSSR count). The van der Waals surface area contributed by atoms with Gasteiger partial charge in [0.25, 0.3) is 0 Å². The molecule has 2 N–H and O–H groups in total. The third kappa shape index (κ3) is 2.72. The molecule has 90 valence electrons. The number of nitrogens with zero attached hydrogens (tertiary/aromatic N) is 2. The van der Waals surface area contributed by atoms with E-state index < -0.39 is 11.2 Å². The van der Waals surface area contributed by atoms with E-state index in [-0.39, 0.29) is 6.04 Å². The Balaban J connectivity index is 1.98. The monoisotopic (exact) mass is 251 g/mol. The predicted octanol–water partition coefficient (Wildman–Crippen LogP) is 1.69. The van der Waals surface area contributed by atoms with Gasteiger partial charge in [-0.25, -0.2) is 4.98 Å². The third-order valence-corrected chi connectivity index (χ3v) is 3.51. The lowest BCUT2D eigenvalue weighted by Crippen LogP contribution is -2.25. The molecule has 16 heavy (non-hydrogen) atoms. The molecule has 1 aliphatic heterocycles. The molecule has 1 fully saturated rings. The number of likely N-dealkylation sites (tertiary alicyclic amines) is 1. The summed E-state index contributed by atoms with van der Waals surface area (Å²) in [6.45, 7) is 2.11. The first-order valence-electron chi connectivity index (χ1n) is 4.95. The summed E-state index contributed by atoms with van der Waals surface area (Å²) in [7, 11) is 0. The van der Waals surface area contributed by atoms with Gasteiger partial charge < -0.3 is 5.73 Å². The topological polar surface area (TPSA) is 42.1 Å². The molecule has 1 aromatic heterocycles. The zero-order chi connectivity index (χ0) is 11.8. The van der Waals surface area contributed by atoms with E-state index in [9.17, 15) is 13.2 Å². The van der Waals surface area contributed by atoms with Gasteiger partial charge in [0.2, 0.25) is 0 Å². The number of rotatable bonds is 2. The van der Waals surface area contributed by atoms with Crippen molar-refractivity contribution < 1.29 is 13.2 Å². The molecular formula is C9H12F3N3S. The first kappa shape index (κ1) is 11.8. The van der Waals surface area contributed by atoms with Crippen LogP contribution in [0, 0.1) is 0 Å². The van der Waals surface area contributed by atoms with Crippen LogP contribution in [0.5, 0.6) is 0 Å². The van der Waals surface area contributed by atoms with Crippen LogP contribution in [-0.2, 0) is 12.7 Å². The van der Waals surface area contributed by atoms with Crippen LogP contribution in [0.2, 0.25) is 0 Å². The molecule has 1 aliphatic rings. The fraction of sp³-hybridized carbons (Fsp3) is 0.667. The van der Waals surface area contributed by atoms with Gasteiger partial charge in [-0.1, -0.05) is 0 Å². The maximum atomic E-state index is 12.3. The second-order valence-electron chi connectivity index (χ2n) is 3.91. The predicted molar refractivity (Wildman–Crippen MR) is 55.0 cm³/mol. The Morgan fingerprint density at radius 3 is 2.81 bits per heavy atom. The average molecular weight is 251 g/mol. The summed E-state index contributed by atoms with van der Waals surface area (Å²) in [6, 6.07) is 0.148. The van der Waals surface area contributed by atoms with Gasteiger partial charge in [0.1, 0.15) is 0 Å². The minimum Gasteiger partial charge on any atom is -0.326 e. The summed E-state index contributed by atoms with van der Waals surface area (Å²) in [4.78, 5) is 6.08. The first-order chi connectivity index (χ1) is 7.45. The highest BCUT2D eigenvalue weighted by Crippen LogP contribution is 2.32. The average Bonchev–Trinajstić information content (AvgIpc) is 2.74. The third-order valence-electron chi connectivity index (χ3n) is 2.48. The Kier molecular flexibility index (Phi) is 3.18. The van der Waals surface area contributed by atoms with E-state index in [4.69, 9.17) is 5.73 Å². The number of thiazole rings is 1. The summed E-state index contributed by atoms with van der Waals surface area (Å²) < 4.78 is 36.9. The van der Waals surface area contributed by atoms with Crippen LogP contribution in [0.3, 0.4) is 0 Å². The second kappa shape index (κ2) is 4.31. The largest absolute Gasteiger partial charge is 0.443 e. The number of halogens is 3. The first-order valence-corrected chi connectivity index (χ1v) is 5.76. The Hall–Kier alpha value is -0.660. The van der Waals surface area contributed by atoms with Gasteiger partial charge in [0.05, 0.1) is 0 Å². The Morgan fingerprint density at radius 2 is 2.31 bits per heavy atom. The van der Waals surface area contributed by atoms with Crippen molar-refractivity contribution in [2.45, 2.75) is 25.2 Å². The van der Waals surface area contributed by atoms with Gasteiger partial charge in [0, 0.05) is 36.8 Å². The van der Waals surface area contributed by atoms with Crippen LogP contribution in [0.15, 0.2) is 6.20 Å². The van der Waals surface area contributed by atoms with Crippen LogP contribution in [-0.4, -0.2) is 29.0 Å². The standard InChI is InChI=1S/C9H12F3N3S/c10-9(11,12)8-14-3-7(16-8)5-15-2-1-6(13)4-15/h3,6H,1-2,4-5,13H2. The smallest absolute Gasteiger partial charge is 0.326 e. The quantitative estimate of drug-likeness (QED) is 0.869. The molecule has 0 amide bonds. The summed E-state index contributed by atoms with van der Waals surface area (Å²) in [5, 5.41) is -0.772.